The van der Waals surface area contributed by atoms with E-state index >= 15 is 0 Å². The lowest BCUT2D eigenvalue weighted by atomic mass is 10.0. The fraction of sp³-hybridized carbons (Fsp3) is 0.167. The molecule has 0 bridgehead atoms. The van der Waals surface area contributed by atoms with Crippen LogP contribution in [-0.2, 0) is 16.0 Å². The topological polar surface area (TPSA) is 71.8 Å². The summed E-state index contributed by atoms with van der Waals surface area (Å²) >= 11 is 6.00. The van der Waals surface area contributed by atoms with Gasteiger partial charge in [0.25, 0.3) is 0 Å². The van der Waals surface area contributed by atoms with Gasteiger partial charge in [-0.05, 0) is 35.0 Å². The van der Waals surface area contributed by atoms with E-state index in [0.717, 1.165) is 27.3 Å². The summed E-state index contributed by atoms with van der Waals surface area (Å²) in [5, 5.41) is 6.25. The van der Waals surface area contributed by atoms with Crippen LogP contribution in [-0.4, -0.2) is 37.4 Å². The zero-order valence-electron chi connectivity index (χ0n) is 17.1. The van der Waals surface area contributed by atoms with Gasteiger partial charge in [0.15, 0.2) is 0 Å². The van der Waals surface area contributed by atoms with Crippen LogP contribution in [0.5, 0.6) is 5.75 Å². The maximum atomic E-state index is 12.8. The second-order valence-corrected chi connectivity index (χ2v) is 7.68. The van der Waals surface area contributed by atoms with Gasteiger partial charge in [-0.15, -0.1) is 0 Å². The number of likely N-dealkylation sites (N-methyl/N-ethyl adjacent to an activating group) is 1. The molecular formula is C24H21ClN2O4. The van der Waals surface area contributed by atoms with Gasteiger partial charge in [0.2, 0.25) is 11.8 Å². The molecule has 4 rings (SSSR count). The lowest BCUT2D eigenvalue weighted by Crippen LogP contribution is -2.35. The normalized spacial score (nSPS) is 10.9. The van der Waals surface area contributed by atoms with Crippen molar-refractivity contribution in [2.24, 2.45) is 0 Å². The Morgan fingerprint density at radius 2 is 1.94 bits per heavy atom. The number of nitrogens with one attached hydrogen (secondary N) is 1. The first-order chi connectivity index (χ1) is 15.0. The maximum Gasteiger partial charge on any atom is 0.244 e. The molecule has 0 unspecified atom stereocenters. The van der Waals surface area contributed by atoms with E-state index in [1.165, 1.54) is 12.0 Å². The van der Waals surface area contributed by atoms with Crippen LogP contribution < -0.4 is 10.1 Å². The minimum atomic E-state index is -0.348. The standard InChI is InChI=1S/C24H21ClN2O4/c1-27(13-22(28)26-19-12-17(25)8-10-20(19)30-2)23(29)11-16-14-31-21-9-7-15-5-3-4-6-18(15)24(16)21/h3-10,12,14H,11,13H2,1-2H3,(H,26,28). The van der Waals surface area contributed by atoms with Gasteiger partial charge in [0, 0.05) is 23.0 Å². The minimum absolute atomic E-state index is 0.106. The number of hydrogen-bond acceptors (Lipinski definition) is 4. The molecule has 1 heterocycles. The van der Waals surface area contributed by atoms with Crippen LogP contribution in [0.3, 0.4) is 0 Å². The molecule has 0 atom stereocenters. The first kappa shape index (κ1) is 20.8. The van der Waals surface area contributed by atoms with Crippen molar-refractivity contribution in [3.05, 3.63) is 71.4 Å². The third kappa shape index (κ3) is 4.34. The molecule has 0 radical (unpaired) electrons. The van der Waals surface area contributed by atoms with Gasteiger partial charge in [0.05, 0.1) is 32.0 Å². The highest BCUT2D eigenvalue weighted by atomic mass is 35.5. The Hall–Kier alpha value is -3.51. The molecule has 2 amide bonds. The third-order valence-corrected chi connectivity index (χ3v) is 5.36. The van der Waals surface area contributed by atoms with Crippen LogP contribution in [0.1, 0.15) is 5.56 Å². The Bertz CT molecular complexity index is 1280. The van der Waals surface area contributed by atoms with Crippen molar-refractivity contribution < 1.29 is 18.7 Å². The number of halogens is 1. The molecule has 4 aromatic rings. The molecule has 0 aliphatic heterocycles. The first-order valence-electron chi connectivity index (χ1n) is 9.71. The summed E-state index contributed by atoms with van der Waals surface area (Å²) in [6, 6.07) is 16.8. The van der Waals surface area contributed by atoms with E-state index in [-0.39, 0.29) is 24.8 Å². The van der Waals surface area contributed by atoms with Crippen molar-refractivity contribution in [1.82, 2.24) is 4.90 Å². The second-order valence-electron chi connectivity index (χ2n) is 7.24. The van der Waals surface area contributed by atoms with E-state index < -0.39 is 0 Å². The van der Waals surface area contributed by atoms with Crippen molar-refractivity contribution in [2.75, 3.05) is 26.0 Å². The summed E-state index contributed by atoms with van der Waals surface area (Å²) in [7, 11) is 3.10. The summed E-state index contributed by atoms with van der Waals surface area (Å²) in [6.45, 7) is -0.106. The minimum Gasteiger partial charge on any atom is -0.495 e. The SMILES string of the molecule is COc1ccc(Cl)cc1NC(=O)CN(C)C(=O)Cc1coc2ccc3ccccc3c12. The van der Waals surface area contributed by atoms with E-state index in [1.807, 2.05) is 36.4 Å². The van der Waals surface area contributed by atoms with E-state index in [4.69, 9.17) is 20.8 Å². The van der Waals surface area contributed by atoms with Crippen molar-refractivity contribution in [2.45, 2.75) is 6.42 Å². The number of carbonyl (C=O) groups excluding carboxylic acids is 2. The number of hydrogen-bond donors (Lipinski definition) is 1. The van der Waals surface area contributed by atoms with Crippen LogP contribution in [0, 0.1) is 0 Å². The largest absolute Gasteiger partial charge is 0.495 e. The lowest BCUT2D eigenvalue weighted by molar-refractivity contribution is -0.132. The summed E-state index contributed by atoms with van der Waals surface area (Å²) in [6.07, 6.45) is 1.74. The number of furan rings is 1. The number of benzene rings is 3. The summed E-state index contributed by atoms with van der Waals surface area (Å²) < 4.78 is 10.9. The maximum absolute atomic E-state index is 12.8. The highest BCUT2D eigenvalue weighted by Gasteiger charge is 2.18. The number of rotatable bonds is 6. The predicted octanol–water partition coefficient (Wildman–Crippen LogP) is 4.89. The highest BCUT2D eigenvalue weighted by Crippen LogP contribution is 2.30. The van der Waals surface area contributed by atoms with Crippen LogP contribution >= 0.6 is 11.6 Å². The highest BCUT2D eigenvalue weighted by molar-refractivity contribution is 6.31. The number of anilines is 1. The number of amides is 2. The summed E-state index contributed by atoms with van der Waals surface area (Å²) in [5.74, 6) is -0.0498. The molecular weight excluding hydrogens is 416 g/mol. The molecule has 0 aliphatic rings. The van der Waals surface area contributed by atoms with Crippen molar-refractivity contribution in [3.8, 4) is 5.75 Å². The van der Waals surface area contributed by atoms with Crippen LogP contribution in [0.15, 0.2) is 65.3 Å². The fourth-order valence-electron chi connectivity index (χ4n) is 3.57. The van der Waals surface area contributed by atoms with Gasteiger partial charge >= 0.3 is 0 Å². The third-order valence-electron chi connectivity index (χ3n) is 5.12. The van der Waals surface area contributed by atoms with Gasteiger partial charge < -0.3 is 19.4 Å². The molecule has 1 N–H and O–H groups in total. The molecule has 1 aromatic heterocycles. The Balaban J connectivity index is 1.48. The van der Waals surface area contributed by atoms with Crippen LogP contribution in [0.2, 0.25) is 5.02 Å². The van der Waals surface area contributed by atoms with Gasteiger partial charge in [0.1, 0.15) is 11.3 Å². The summed E-state index contributed by atoms with van der Waals surface area (Å²) in [4.78, 5) is 26.7. The van der Waals surface area contributed by atoms with Crippen molar-refractivity contribution in [1.29, 1.82) is 0 Å². The smallest absolute Gasteiger partial charge is 0.244 e. The molecule has 158 valence electrons. The van der Waals surface area contributed by atoms with Crippen molar-refractivity contribution in [3.63, 3.8) is 0 Å². The van der Waals surface area contributed by atoms with Gasteiger partial charge in [-0.25, -0.2) is 0 Å². The Morgan fingerprint density at radius 3 is 2.74 bits per heavy atom. The Kier molecular flexibility index (Phi) is 5.82. The second kappa shape index (κ2) is 8.70. The van der Waals surface area contributed by atoms with E-state index in [9.17, 15) is 9.59 Å². The quantitative estimate of drug-likeness (QED) is 0.467. The Morgan fingerprint density at radius 1 is 1.13 bits per heavy atom. The van der Waals surface area contributed by atoms with Gasteiger partial charge in [-0.3, -0.25) is 9.59 Å². The monoisotopic (exact) mass is 436 g/mol. The zero-order valence-corrected chi connectivity index (χ0v) is 17.9. The number of ether oxygens (including phenoxy) is 1. The molecule has 7 heteroatoms. The lowest BCUT2D eigenvalue weighted by Gasteiger charge is -2.17. The fourth-order valence-corrected chi connectivity index (χ4v) is 3.75. The molecule has 0 aliphatic carbocycles. The molecule has 0 saturated heterocycles. The number of methoxy groups -OCH3 is 1. The molecule has 6 nitrogen and oxygen atoms in total. The molecule has 31 heavy (non-hydrogen) atoms. The molecule has 3 aromatic carbocycles. The number of nitrogens with zero attached hydrogens (tertiary/aromatic N) is 1. The molecule has 0 fully saturated rings. The van der Waals surface area contributed by atoms with E-state index in [2.05, 4.69) is 5.32 Å². The number of carbonyl (C=O) groups is 2. The predicted molar refractivity (Wildman–Crippen MR) is 122 cm³/mol. The van der Waals surface area contributed by atoms with Crippen LogP contribution in [0.4, 0.5) is 5.69 Å². The average molecular weight is 437 g/mol. The molecule has 0 saturated carbocycles. The van der Waals surface area contributed by atoms with E-state index in [1.54, 1.807) is 31.5 Å². The summed E-state index contributed by atoms with van der Waals surface area (Å²) in [5.41, 5.74) is 1.98. The van der Waals surface area contributed by atoms with Gasteiger partial charge in [-0.2, -0.15) is 0 Å². The Labute approximate surface area is 184 Å². The van der Waals surface area contributed by atoms with Gasteiger partial charge in [-0.1, -0.05) is 41.9 Å². The molecule has 0 spiro atoms. The van der Waals surface area contributed by atoms with E-state index in [0.29, 0.717) is 16.5 Å². The first-order valence-corrected chi connectivity index (χ1v) is 10.1. The van der Waals surface area contributed by atoms with Crippen LogP contribution in [0.25, 0.3) is 21.7 Å². The zero-order chi connectivity index (χ0) is 22.0. The van der Waals surface area contributed by atoms with Crippen molar-refractivity contribution >= 4 is 50.8 Å². The number of fused-ring (bicyclic) bond motifs is 3. The average Bonchev–Trinajstić information content (AvgIpc) is 3.17.